The zero-order valence-corrected chi connectivity index (χ0v) is 16.0. The van der Waals surface area contributed by atoms with E-state index in [2.05, 4.69) is 15.5 Å². The Hall–Kier alpha value is -2.87. The summed E-state index contributed by atoms with van der Waals surface area (Å²) in [5.74, 6) is 0.821. The standard InChI is InChI=1S/C19H19FN4O2S/c1-12(18(25)21-15-5-4-6-16(11-15)26-3)27-19-23-22-17(24(19)2)13-7-9-14(20)10-8-13/h4-12H,1-3H3,(H,21,25). The number of hydrogen-bond acceptors (Lipinski definition) is 5. The van der Waals surface area contributed by atoms with Crippen molar-refractivity contribution in [2.24, 2.45) is 7.05 Å². The van der Waals surface area contributed by atoms with Gasteiger partial charge in [0.1, 0.15) is 11.6 Å². The Labute approximate surface area is 160 Å². The van der Waals surface area contributed by atoms with Crippen molar-refractivity contribution in [3.05, 3.63) is 54.3 Å². The summed E-state index contributed by atoms with van der Waals surface area (Å²) in [4.78, 5) is 12.5. The molecule has 0 spiro atoms. The third-order valence-electron chi connectivity index (χ3n) is 3.93. The van der Waals surface area contributed by atoms with Crippen molar-refractivity contribution in [3.63, 3.8) is 0 Å². The first-order chi connectivity index (χ1) is 13.0. The van der Waals surface area contributed by atoms with Gasteiger partial charge in [-0.15, -0.1) is 10.2 Å². The van der Waals surface area contributed by atoms with Crippen molar-refractivity contribution in [1.82, 2.24) is 14.8 Å². The highest BCUT2D eigenvalue weighted by molar-refractivity contribution is 8.00. The third kappa shape index (κ3) is 4.46. The molecule has 6 nitrogen and oxygen atoms in total. The molecule has 1 unspecified atom stereocenters. The molecular formula is C19H19FN4O2S. The van der Waals surface area contributed by atoms with Crippen LogP contribution in [-0.2, 0) is 11.8 Å². The number of benzene rings is 2. The number of carbonyl (C=O) groups excluding carboxylic acids is 1. The van der Waals surface area contributed by atoms with Gasteiger partial charge in [-0.05, 0) is 43.3 Å². The molecule has 1 N–H and O–H groups in total. The van der Waals surface area contributed by atoms with Crippen molar-refractivity contribution in [2.75, 3.05) is 12.4 Å². The maximum atomic E-state index is 13.1. The van der Waals surface area contributed by atoms with E-state index in [4.69, 9.17) is 4.74 Å². The number of amides is 1. The number of anilines is 1. The summed E-state index contributed by atoms with van der Waals surface area (Å²) in [6.45, 7) is 1.80. The minimum atomic E-state index is -0.389. The predicted molar refractivity (Wildman–Crippen MR) is 103 cm³/mol. The molecule has 27 heavy (non-hydrogen) atoms. The Morgan fingerprint density at radius 1 is 1.22 bits per heavy atom. The van der Waals surface area contributed by atoms with Crippen LogP contribution >= 0.6 is 11.8 Å². The average Bonchev–Trinajstić information content (AvgIpc) is 3.03. The Balaban J connectivity index is 1.69. The number of nitrogens with one attached hydrogen (secondary N) is 1. The zero-order chi connectivity index (χ0) is 19.4. The Morgan fingerprint density at radius 3 is 2.67 bits per heavy atom. The van der Waals surface area contributed by atoms with Gasteiger partial charge in [0.2, 0.25) is 5.91 Å². The highest BCUT2D eigenvalue weighted by Gasteiger charge is 2.19. The Morgan fingerprint density at radius 2 is 1.96 bits per heavy atom. The van der Waals surface area contributed by atoms with Gasteiger partial charge in [-0.3, -0.25) is 4.79 Å². The summed E-state index contributed by atoms with van der Waals surface area (Å²) in [7, 11) is 3.39. The maximum absolute atomic E-state index is 13.1. The third-order valence-corrected chi connectivity index (χ3v) is 5.06. The van der Waals surface area contributed by atoms with Crippen molar-refractivity contribution >= 4 is 23.4 Å². The number of hydrogen-bond donors (Lipinski definition) is 1. The zero-order valence-electron chi connectivity index (χ0n) is 15.1. The lowest BCUT2D eigenvalue weighted by molar-refractivity contribution is -0.115. The number of aromatic nitrogens is 3. The Bertz CT molecular complexity index is 943. The number of rotatable bonds is 6. The number of methoxy groups -OCH3 is 1. The second kappa shape index (κ2) is 8.22. The van der Waals surface area contributed by atoms with Crippen molar-refractivity contribution < 1.29 is 13.9 Å². The van der Waals surface area contributed by atoms with Crippen LogP contribution in [0.4, 0.5) is 10.1 Å². The number of nitrogens with zero attached hydrogens (tertiary/aromatic N) is 3. The summed E-state index contributed by atoms with van der Waals surface area (Å²) >= 11 is 1.30. The van der Waals surface area contributed by atoms with Gasteiger partial charge in [0.25, 0.3) is 0 Å². The molecule has 0 aliphatic heterocycles. The van der Waals surface area contributed by atoms with E-state index < -0.39 is 0 Å². The summed E-state index contributed by atoms with van der Waals surface area (Å²) in [5, 5.41) is 11.4. The SMILES string of the molecule is COc1cccc(NC(=O)C(C)Sc2nnc(-c3ccc(F)cc3)n2C)c1. The molecule has 1 aromatic heterocycles. The van der Waals surface area contributed by atoms with E-state index in [9.17, 15) is 9.18 Å². The molecule has 140 valence electrons. The predicted octanol–water partition coefficient (Wildman–Crippen LogP) is 3.75. The summed E-state index contributed by atoms with van der Waals surface area (Å²) in [6.07, 6.45) is 0. The van der Waals surface area contributed by atoms with Gasteiger partial charge in [0, 0.05) is 24.4 Å². The van der Waals surface area contributed by atoms with E-state index in [0.29, 0.717) is 22.4 Å². The van der Waals surface area contributed by atoms with Gasteiger partial charge in [0.15, 0.2) is 11.0 Å². The van der Waals surface area contributed by atoms with E-state index in [1.807, 2.05) is 19.2 Å². The van der Waals surface area contributed by atoms with Gasteiger partial charge in [-0.2, -0.15) is 0 Å². The van der Waals surface area contributed by atoms with E-state index >= 15 is 0 Å². The normalized spacial score (nSPS) is 11.9. The van der Waals surface area contributed by atoms with Gasteiger partial charge in [-0.25, -0.2) is 4.39 Å². The molecule has 0 saturated carbocycles. The second-order valence-electron chi connectivity index (χ2n) is 5.85. The fraction of sp³-hybridized carbons (Fsp3) is 0.211. The van der Waals surface area contributed by atoms with E-state index in [1.54, 1.807) is 42.9 Å². The van der Waals surface area contributed by atoms with Crippen molar-refractivity contribution in [1.29, 1.82) is 0 Å². The average molecular weight is 386 g/mol. The summed E-state index contributed by atoms with van der Waals surface area (Å²) in [5.41, 5.74) is 1.42. The van der Waals surface area contributed by atoms with Crippen LogP contribution in [0.15, 0.2) is 53.7 Å². The van der Waals surface area contributed by atoms with Crippen molar-refractivity contribution in [2.45, 2.75) is 17.3 Å². The van der Waals surface area contributed by atoms with Gasteiger partial charge in [-0.1, -0.05) is 17.8 Å². The van der Waals surface area contributed by atoms with Crippen LogP contribution in [0, 0.1) is 5.82 Å². The molecule has 0 fully saturated rings. The molecule has 0 bridgehead atoms. The molecule has 1 heterocycles. The van der Waals surface area contributed by atoms with Crippen molar-refractivity contribution in [3.8, 4) is 17.1 Å². The number of halogens is 1. The van der Waals surface area contributed by atoms with Crippen LogP contribution in [0.5, 0.6) is 5.75 Å². The van der Waals surface area contributed by atoms with Crippen LogP contribution in [0.1, 0.15) is 6.92 Å². The molecule has 2 aromatic carbocycles. The number of ether oxygens (including phenoxy) is 1. The van der Waals surface area contributed by atoms with Crippen LogP contribution in [0.3, 0.4) is 0 Å². The first kappa shape index (κ1) is 18.9. The topological polar surface area (TPSA) is 69.0 Å². The fourth-order valence-corrected chi connectivity index (χ4v) is 3.24. The molecule has 0 saturated heterocycles. The molecule has 3 aromatic rings. The summed E-state index contributed by atoms with van der Waals surface area (Å²) in [6, 6.07) is 13.2. The lowest BCUT2D eigenvalue weighted by Crippen LogP contribution is -2.22. The smallest absolute Gasteiger partial charge is 0.237 e. The van der Waals surface area contributed by atoms with Gasteiger partial charge < -0.3 is 14.6 Å². The van der Waals surface area contributed by atoms with Crippen LogP contribution < -0.4 is 10.1 Å². The van der Waals surface area contributed by atoms with Gasteiger partial charge in [0.05, 0.1) is 12.4 Å². The Kier molecular flexibility index (Phi) is 5.75. The maximum Gasteiger partial charge on any atom is 0.237 e. The molecule has 8 heteroatoms. The van der Waals surface area contributed by atoms with Gasteiger partial charge >= 0.3 is 0 Å². The highest BCUT2D eigenvalue weighted by atomic mass is 32.2. The molecule has 0 aliphatic rings. The quantitative estimate of drug-likeness (QED) is 0.654. The fourth-order valence-electron chi connectivity index (χ4n) is 2.42. The molecule has 0 radical (unpaired) electrons. The van der Waals surface area contributed by atoms with E-state index in [-0.39, 0.29) is 17.0 Å². The lowest BCUT2D eigenvalue weighted by atomic mass is 10.2. The van der Waals surface area contributed by atoms with E-state index in [0.717, 1.165) is 5.56 Å². The second-order valence-corrected chi connectivity index (χ2v) is 7.16. The highest BCUT2D eigenvalue weighted by Crippen LogP contribution is 2.26. The molecule has 0 aliphatic carbocycles. The monoisotopic (exact) mass is 386 g/mol. The van der Waals surface area contributed by atoms with Crippen LogP contribution in [0.2, 0.25) is 0 Å². The lowest BCUT2D eigenvalue weighted by Gasteiger charge is -2.12. The summed E-state index contributed by atoms with van der Waals surface area (Å²) < 4.78 is 20.0. The first-order valence-corrected chi connectivity index (χ1v) is 9.13. The van der Waals surface area contributed by atoms with Crippen LogP contribution in [0.25, 0.3) is 11.4 Å². The number of carbonyl (C=O) groups is 1. The molecule has 1 atom stereocenters. The van der Waals surface area contributed by atoms with Crippen LogP contribution in [-0.4, -0.2) is 33.0 Å². The molecular weight excluding hydrogens is 367 g/mol. The van der Waals surface area contributed by atoms with E-state index in [1.165, 1.54) is 23.9 Å². The largest absolute Gasteiger partial charge is 0.497 e. The minimum absolute atomic E-state index is 0.153. The molecule has 3 rings (SSSR count). The molecule has 1 amide bonds. The number of thioether (sulfide) groups is 1. The minimum Gasteiger partial charge on any atom is -0.497 e. The first-order valence-electron chi connectivity index (χ1n) is 8.25.